The number of benzene rings is 1. The number of aromatic nitrogens is 4. The van der Waals surface area contributed by atoms with Crippen molar-refractivity contribution in [3.63, 3.8) is 0 Å². The van der Waals surface area contributed by atoms with Crippen LogP contribution in [0, 0.1) is 6.92 Å². The van der Waals surface area contributed by atoms with E-state index in [9.17, 15) is 18.0 Å². The van der Waals surface area contributed by atoms with E-state index in [4.69, 9.17) is 21.1 Å². The average Bonchev–Trinajstić information content (AvgIpc) is 3.11. The summed E-state index contributed by atoms with van der Waals surface area (Å²) in [5.74, 6) is 0.339. The number of carbonyl (C=O) groups is 1. The molecule has 1 fully saturated rings. The van der Waals surface area contributed by atoms with E-state index in [1.165, 1.54) is 15.8 Å². The van der Waals surface area contributed by atoms with Crippen LogP contribution < -0.4 is 4.90 Å². The Morgan fingerprint density at radius 3 is 2.53 bits per heavy atom. The molecule has 2 aromatic heterocycles. The molecule has 0 N–H and O–H groups in total. The van der Waals surface area contributed by atoms with Gasteiger partial charge in [-0.1, -0.05) is 12.1 Å². The number of ether oxygens (including phenoxy) is 2. The van der Waals surface area contributed by atoms with Gasteiger partial charge >= 0.3 is 12.3 Å². The SMILES string of the molecule is Cc1cc(C(F)(F)F)nn1-c1ccc(CN2C(=O)OC3(COC3)c3cnc(Cl)nc32)cc1. The zero-order valence-electron chi connectivity index (χ0n) is 16.6. The first-order chi connectivity index (χ1) is 15.2. The van der Waals surface area contributed by atoms with Crippen molar-refractivity contribution in [3.05, 3.63) is 64.3 Å². The lowest BCUT2D eigenvalue weighted by Gasteiger charge is -2.45. The van der Waals surface area contributed by atoms with E-state index in [0.717, 1.165) is 6.07 Å². The molecule has 1 saturated heterocycles. The lowest BCUT2D eigenvalue weighted by Crippen LogP contribution is -2.56. The van der Waals surface area contributed by atoms with Gasteiger partial charge in [0.25, 0.3) is 0 Å². The molecule has 0 unspecified atom stereocenters. The van der Waals surface area contributed by atoms with Gasteiger partial charge in [-0.15, -0.1) is 0 Å². The van der Waals surface area contributed by atoms with Crippen molar-refractivity contribution in [2.24, 2.45) is 0 Å². The van der Waals surface area contributed by atoms with E-state index < -0.39 is 23.6 Å². The van der Waals surface area contributed by atoms with Crippen LogP contribution in [0.4, 0.5) is 23.8 Å². The minimum Gasteiger partial charge on any atom is -0.432 e. The molecule has 0 saturated carbocycles. The highest BCUT2D eigenvalue weighted by atomic mass is 35.5. The Morgan fingerprint density at radius 1 is 1.22 bits per heavy atom. The molecule has 8 nitrogen and oxygen atoms in total. The van der Waals surface area contributed by atoms with Crippen molar-refractivity contribution >= 4 is 23.5 Å². The molecule has 0 aliphatic carbocycles. The van der Waals surface area contributed by atoms with Crippen molar-refractivity contribution in [1.29, 1.82) is 0 Å². The molecule has 3 aromatic rings. The van der Waals surface area contributed by atoms with Gasteiger partial charge in [0.1, 0.15) is 0 Å². The molecule has 166 valence electrons. The summed E-state index contributed by atoms with van der Waals surface area (Å²) in [6.45, 7) is 2.08. The van der Waals surface area contributed by atoms with Crippen LogP contribution in [0.2, 0.25) is 5.28 Å². The van der Waals surface area contributed by atoms with Crippen molar-refractivity contribution in [3.8, 4) is 5.69 Å². The molecule has 12 heteroatoms. The number of hydrogen-bond donors (Lipinski definition) is 0. The van der Waals surface area contributed by atoms with Crippen molar-refractivity contribution in [2.45, 2.75) is 25.2 Å². The summed E-state index contributed by atoms with van der Waals surface area (Å²) in [5.41, 5.74) is 0.240. The first kappa shape index (κ1) is 20.7. The number of rotatable bonds is 3. The van der Waals surface area contributed by atoms with Crippen LogP contribution >= 0.6 is 11.6 Å². The van der Waals surface area contributed by atoms with Gasteiger partial charge in [0.2, 0.25) is 5.28 Å². The summed E-state index contributed by atoms with van der Waals surface area (Å²) in [6.07, 6.45) is -3.60. The highest BCUT2D eigenvalue weighted by Crippen LogP contribution is 2.43. The van der Waals surface area contributed by atoms with Crippen LogP contribution in [0.15, 0.2) is 36.5 Å². The van der Waals surface area contributed by atoms with Gasteiger partial charge in [-0.25, -0.2) is 14.5 Å². The Morgan fingerprint density at radius 2 is 1.94 bits per heavy atom. The number of amides is 1. The van der Waals surface area contributed by atoms with Gasteiger partial charge in [-0.05, 0) is 42.3 Å². The van der Waals surface area contributed by atoms with E-state index in [1.54, 1.807) is 31.2 Å². The van der Waals surface area contributed by atoms with Crippen LogP contribution in [0.25, 0.3) is 5.69 Å². The fraction of sp³-hybridized carbons (Fsp3) is 0.300. The predicted molar refractivity (Wildman–Crippen MR) is 106 cm³/mol. The second-order valence-electron chi connectivity index (χ2n) is 7.56. The third-order valence-corrected chi connectivity index (χ3v) is 5.54. The number of alkyl halides is 3. The van der Waals surface area contributed by atoms with Gasteiger partial charge < -0.3 is 9.47 Å². The van der Waals surface area contributed by atoms with Gasteiger partial charge in [-0.2, -0.15) is 23.3 Å². The Bertz CT molecular complexity index is 1210. The maximum atomic E-state index is 12.9. The van der Waals surface area contributed by atoms with Crippen LogP contribution in [0.1, 0.15) is 22.5 Å². The number of halogens is 4. The van der Waals surface area contributed by atoms with Gasteiger partial charge in [0, 0.05) is 11.9 Å². The fourth-order valence-corrected chi connectivity index (χ4v) is 3.81. The Hall–Kier alpha value is -3.18. The highest BCUT2D eigenvalue weighted by Gasteiger charge is 2.52. The third-order valence-electron chi connectivity index (χ3n) is 5.36. The van der Waals surface area contributed by atoms with Crippen LogP contribution in [-0.2, 0) is 27.8 Å². The van der Waals surface area contributed by atoms with E-state index >= 15 is 0 Å². The second kappa shape index (κ2) is 7.17. The van der Waals surface area contributed by atoms with Gasteiger partial charge in [0.05, 0.1) is 31.0 Å². The van der Waals surface area contributed by atoms with E-state index in [1.807, 2.05) is 0 Å². The standard InChI is InChI=1S/C20H15ClF3N5O3/c1-11-6-15(20(22,23)24)27-29(11)13-4-2-12(3-5-13)8-28-16-14(7-25-17(21)26-16)19(9-31-10-19)32-18(28)30/h2-7H,8-10H2,1H3. The molecule has 4 heterocycles. The van der Waals surface area contributed by atoms with Crippen molar-refractivity contribution < 1.29 is 27.4 Å². The molecule has 0 atom stereocenters. The molecule has 1 spiro atoms. The molecular weight excluding hydrogens is 451 g/mol. The second-order valence-corrected chi connectivity index (χ2v) is 7.90. The van der Waals surface area contributed by atoms with Gasteiger partial charge in [0.15, 0.2) is 17.1 Å². The first-order valence-corrected chi connectivity index (χ1v) is 9.88. The first-order valence-electron chi connectivity index (χ1n) is 9.51. The third kappa shape index (κ3) is 3.37. The van der Waals surface area contributed by atoms with Crippen LogP contribution in [0.3, 0.4) is 0 Å². The average molecular weight is 466 g/mol. The van der Waals surface area contributed by atoms with E-state index in [-0.39, 0.29) is 25.0 Å². The lowest BCUT2D eigenvalue weighted by atomic mass is 9.91. The molecule has 2 aliphatic heterocycles. The number of hydrogen-bond acceptors (Lipinski definition) is 6. The predicted octanol–water partition coefficient (Wildman–Crippen LogP) is 4.03. The van der Waals surface area contributed by atoms with E-state index in [0.29, 0.717) is 28.3 Å². The zero-order chi connectivity index (χ0) is 22.7. The summed E-state index contributed by atoms with van der Waals surface area (Å²) in [4.78, 5) is 22.3. The fourth-order valence-electron chi connectivity index (χ4n) is 3.68. The smallest absolute Gasteiger partial charge is 0.432 e. The van der Waals surface area contributed by atoms with Crippen LogP contribution in [0.5, 0.6) is 0 Å². The molecule has 0 bridgehead atoms. The molecule has 1 amide bonds. The Labute approximate surface area is 184 Å². The van der Waals surface area contributed by atoms with Crippen LogP contribution in [-0.4, -0.2) is 39.1 Å². The molecular formula is C20H15ClF3N5O3. The molecule has 32 heavy (non-hydrogen) atoms. The number of anilines is 1. The molecule has 1 aromatic carbocycles. The number of aryl methyl sites for hydroxylation is 1. The summed E-state index contributed by atoms with van der Waals surface area (Å²) in [5, 5.41) is 3.63. The number of fused-ring (bicyclic) bond motifs is 2. The normalized spacial score (nSPS) is 17.2. The lowest BCUT2D eigenvalue weighted by molar-refractivity contribution is -0.186. The van der Waals surface area contributed by atoms with Gasteiger partial charge in [-0.3, -0.25) is 4.90 Å². The zero-order valence-corrected chi connectivity index (χ0v) is 17.3. The maximum absolute atomic E-state index is 12.9. The number of nitrogens with zero attached hydrogens (tertiary/aromatic N) is 5. The Balaban J connectivity index is 1.43. The topological polar surface area (TPSA) is 82.4 Å². The monoisotopic (exact) mass is 465 g/mol. The largest absolute Gasteiger partial charge is 0.435 e. The quantitative estimate of drug-likeness (QED) is 0.543. The summed E-state index contributed by atoms with van der Waals surface area (Å²) < 4.78 is 50.9. The molecule has 2 aliphatic rings. The molecule has 0 radical (unpaired) electrons. The van der Waals surface area contributed by atoms with Crippen molar-refractivity contribution in [1.82, 2.24) is 19.7 Å². The summed E-state index contributed by atoms with van der Waals surface area (Å²) in [6, 6.07) is 7.62. The number of carbonyl (C=O) groups excluding carboxylic acids is 1. The molecule has 5 rings (SSSR count). The highest BCUT2D eigenvalue weighted by molar-refractivity contribution is 6.28. The summed E-state index contributed by atoms with van der Waals surface area (Å²) >= 11 is 5.96. The minimum absolute atomic E-state index is 0.0104. The summed E-state index contributed by atoms with van der Waals surface area (Å²) in [7, 11) is 0. The Kier molecular flexibility index (Phi) is 4.64. The van der Waals surface area contributed by atoms with E-state index in [2.05, 4.69) is 15.1 Å². The van der Waals surface area contributed by atoms with Crippen molar-refractivity contribution in [2.75, 3.05) is 18.1 Å². The maximum Gasteiger partial charge on any atom is 0.435 e. The minimum atomic E-state index is -4.52.